The van der Waals surface area contributed by atoms with Crippen LogP contribution in [0, 0.1) is 0 Å². The van der Waals surface area contributed by atoms with Crippen LogP contribution >= 0.6 is 0 Å². The van der Waals surface area contributed by atoms with Crippen LogP contribution in [0.15, 0.2) is 48.5 Å². The van der Waals surface area contributed by atoms with Crippen molar-refractivity contribution in [2.45, 2.75) is 31.0 Å². The first-order valence-electron chi connectivity index (χ1n) is 11.3. The van der Waals surface area contributed by atoms with Gasteiger partial charge in [-0.05, 0) is 31.5 Å². The molecule has 1 atom stereocenters. The van der Waals surface area contributed by atoms with Gasteiger partial charge in [-0.1, -0.05) is 36.4 Å². The molecule has 1 aliphatic heterocycles. The fraction of sp³-hybridized carbons (Fsp3) is 0.520. The third kappa shape index (κ3) is 5.77. The molecule has 0 radical (unpaired) electrons. The molecule has 1 aliphatic carbocycles. The second kappa shape index (κ2) is 10.0. The van der Waals surface area contributed by atoms with E-state index in [2.05, 4.69) is 58.6 Å². The monoisotopic (exact) mass is 425 g/mol. The Hall–Kier alpha value is -2.12. The highest BCUT2D eigenvalue weighted by molar-refractivity contribution is 5.41. The van der Waals surface area contributed by atoms with Gasteiger partial charge in [-0.25, -0.2) is 0 Å². The van der Waals surface area contributed by atoms with Crippen molar-refractivity contribution in [2.24, 2.45) is 0 Å². The quantitative estimate of drug-likeness (QED) is 0.610. The largest absolute Gasteiger partial charge is 0.497 e. The number of aliphatic hydroxyl groups is 1. The summed E-state index contributed by atoms with van der Waals surface area (Å²) < 4.78 is 11.5. The Kier molecular flexibility index (Phi) is 7.13. The van der Waals surface area contributed by atoms with E-state index in [0.29, 0.717) is 13.1 Å². The fourth-order valence-corrected chi connectivity index (χ4v) is 4.22. The number of nitrogens with zero attached hydrogens (tertiary/aromatic N) is 2. The van der Waals surface area contributed by atoms with Crippen LogP contribution in [0.4, 0.5) is 0 Å². The van der Waals surface area contributed by atoms with E-state index in [1.165, 1.54) is 5.56 Å². The summed E-state index contributed by atoms with van der Waals surface area (Å²) in [5.74, 6) is 1.53. The number of nitrogens with one attached hydrogen (secondary N) is 1. The summed E-state index contributed by atoms with van der Waals surface area (Å²) in [7, 11) is 3.80. The van der Waals surface area contributed by atoms with Crippen LogP contribution in [0.5, 0.6) is 11.5 Å². The number of hydrogen-bond donors (Lipinski definition) is 2. The molecule has 0 bridgehead atoms. The van der Waals surface area contributed by atoms with Gasteiger partial charge in [0.25, 0.3) is 0 Å². The zero-order valence-corrected chi connectivity index (χ0v) is 18.7. The summed E-state index contributed by atoms with van der Waals surface area (Å²) in [6, 6.07) is 16.6. The van der Waals surface area contributed by atoms with Crippen molar-refractivity contribution in [3.63, 3.8) is 0 Å². The number of benzene rings is 2. The van der Waals surface area contributed by atoms with Gasteiger partial charge in [-0.2, -0.15) is 0 Å². The molecule has 2 fully saturated rings. The van der Waals surface area contributed by atoms with Crippen LogP contribution in [0.1, 0.15) is 24.0 Å². The second-order valence-corrected chi connectivity index (χ2v) is 8.84. The molecule has 2 N–H and O–H groups in total. The standard InChI is InChI=1S/C25H35N3O3/c1-27-12-14-28(15-13-27)18-22(29)19-31-24-16-23(30-2)9-8-20(24)17-26-25(10-11-25)21-6-4-3-5-7-21/h3-9,16,22,26,29H,10-15,17-19H2,1-2H3/t22-/m1/s1. The SMILES string of the molecule is COc1ccc(CNC2(c3ccccc3)CC2)c(OC[C@H](O)CN2CCN(C)CC2)c1. The lowest BCUT2D eigenvalue weighted by Gasteiger charge is -2.33. The van der Waals surface area contributed by atoms with E-state index in [4.69, 9.17) is 9.47 Å². The predicted molar refractivity (Wildman–Crippen MR) is 123 cm³/mol. The number of piperazine rings is 1. The average molecular weight is 426 g/mol. The summed E-state index contributed by atoms with van der Waals surface area (Å²) in [5.41, 5.74) is 2.49. The fourth-order valence-electron chi connectivity index (χ4n) is 4.22. The van der Waals surface area contributed by atoms with Gasteiger partial charge < -0.3 is 24.8 Å². The summed E-state index contributed by atoms with van der Waals surface area (Å²) in [6.45, 7) is 5.69. The Balaban J connectivity index is 1.35. The summed E-state index contributed by atoms with van der Waals surface area (Å²) in [4.78, 5) is 4.62. The Morgan fingerprint density at radius 3 is 2.48 bits per heavy atom. The van der Waals surface area contributed by atoms with Crippen LogP contribution in [0.3, 0.4) is 0 Å². The van der Waals surface area contributed by atoms with Crippen molar-refractivity contribution in [3.8, 4) is 11.5 Å². The smallest absolute Gasteiger partial charge is 0.127 e. The Morgan fingerprint density at radius 2 is 1.81 bits per heavy atom. The maximum Gasteiger partial charge on any atom is 0.127 e. The van der Waals surface area contributed by atoms with Crippen LogP contribution in [0.25, 0.3) is 0 Å². The molecule has 0 unspecified atom stereocenters. The number of β-amino-alcohol motifs (C(OH)–C–C–N with tert-alkyl or cyclic N) is 1. The average Bonchev–Trinajstić information content (AvgIpc) is 3.60. The molecular weight excluding hydrogens is 390 g/mol. The topological polar surface area (TPSA) is 57.2 Å². The number of ether oxygens (including phenoxy) is 2. The Morgan fingerprint density at radius 1 is 1.06 bits per heavy atom. The number of methoxy groups -OCH3 is 1. The normalized spacial score (nSPS) is 19.7. The minimum atomic E-state index is -0.519. The van der Waals surface area contributed by atoms with E-state index in [1.807, 2.05) is 12.1 Å². The molecule has 2 aliphatic rings. The molecule has 4 rings (SSSR count). The summed E-state index contributed by atoms with van der Waals surface area (Å²) in [5, 5.41) is 14.3. The van der Waals surface area contributed by atoms with E-state index in [1.54, 1.807) is 7.11 Å². The molecule has 0 spiro atoms. The first-order valence-corrected chi connectivity index (χ1v) is 11.3. The third-order valence-corrected chi connectivity index (χ3v) is 6.46. The zero-order chi connectivity index (χ0) is 21.7. The number of aliphatic hydroxyl groups excluding tert-OH is 1. The van der Waals surface area contributed by atoms with Crippen molar-refractivity contribution in [2.75, 3.05) is 53.5 Å². The van der Waals surface area contributed by atoms with Gasteiger partial charge in [0.1, 0.15) is 24.2 Å². The lowest BCUT2D eigenvalue weighted by atomic mass is 10.0. The molecule has 0 aromatic heterocycles. The molecule has 6 heteroatoms. The van der Waals surface area contributed by atoms with E-state index in [-0.39, 0.29) is 12.1 Å². The van der Waals surface area contributed by atoms with Crippen molar-refractivity contribution >= 4 is 0 Å². The third-order valence-electron chi connectivity index (χ3n) is 6.46. The summed E-state index contributed by atoms with van der Waals surface area (Å²) >= 11 is 0. The first kappa shape index (κ1) is 22.1. The first-order chi connectivity index (χ1) is 15.1. The molecular formula is C25H35N3O3. The van der Waals surface area contributed by atoms with Gasteiger partial charge >= 0.3 is 0 Å². The van der Waals surface area contributed by atoms with Crippen molar-refractivity contribution in [1.29, 1.82) is 0 Å². The van der Waals surface area contributed by atoms with Crippen LogP contribution in [-0.4, -0.2) is 74.5 Å². The van der Waals surface area contributed by atoms with E-state index in [9.17, 15) is 5.11 Å². The van der Waals surface area contributed by atoms with E-state index < -0.39 is 6.10 Å². The highest BCUT2D eigenvalue weighted by atomic mass is 16.5. The minimum Gasteiger partial charge on any atom is -0.497 e. The second-order valence-electron chi connectivity index (χ2n) is 8.84. The van der Waals surface area contributed by atoms with Gasteiger partial charge in [-0.15, -0.1) is 0 Å². The molecule has 1 heterocycles. The zero-order valence-electron chi connectivity index (χ0n) is 18.7. The number of rotatable bonds is 10. The number of hydrogen-bond acceptors (Lipinski definition) is 6. The van der Waals surface area contributed by atoms with Crippen LogP contribution in [-0.2, 0) is 12.1 Å². The molecule has 0 amide bonds. The van der Waals surface area contributed by atoms with Gasteiger partial charge in [-0.3, -0.25) is 4.90 Å². The Bertz CT molecular complexity index is 833. The Labute approximate surface area is 185 Å². The van der Waals surface area contributed by atoms with Crippen molar-refractivity contribution in [3.05, 3.63) is 59.7 Å². The molecule has 1 saturated carbocycles. The maximum absolute atomic E-state index is 10.5. The lowest BCUT2D eigenvalue weighted by molar-refractivity contribution is 0.0501. The summed E-state index contributed by atoms with van der Waals surface area (Å²) in [6.07, 6.45) is 1.77. The van der Waals surface area contributed by atoms with Crippen molar-refractivity contribution in [1.82, 2.24) is 15.1 Å². The lowest BCUT2D eigenvalue weighted by Crippen LogP contribution is -2.47. The molecule has 6 nitrogen and oxygen atoms in total. The highest BCUT2D eigenvalue weighted by Crippen LogP contribution is 2.45. The minimum absolute atomic E-state index is 0.0688. The van der Waals surface area contributed by atoms with Gasteiger partial charge in [0.2, 0.25) is 0 Å². The van der Waals surface area contributed by atoms with Crippen LogP contribution in [0.2, 0.25) is 0 Å². The maximum atomic E-state index is 10.5. The van der Waals surface area contributed by atoms with E-state index >= 15 is 0 Å². The molecule has 168 valence electrons. The van der Waals surface area contributed by atoms with Gasteiger partial charge in [0, 0.05) is 56.4 Å². The van der Waals surface area contributed by atoms with E-state index in [0.717, 1.165) is 56.1 Å². The highest BCUT2D eigenvalue weighted by Gasteiger charge is 2.43. The van der Waals surface area contributed by atoms with Gasteiger partial charge in [0.05, 0.1) is 7.11 Å². The predicted octanol–water partition coefficient (Wildman–Crippen LogP) is 2.46. The molecule has 2 aromatic rings. The molecule has 1 saturated heterocycles. The molecule has 2 aromatic carbocycles. The van der Waals surface area contributed by atoms with Crippen LogP contribution < -0.4 is 14.8 Å². The molecule has 31 heavy (non-hydrogen) atoms. The van der Waals surface area contributed by atoms with Crippen molar-refractivity contribution < 1.29 is 14.6 Å². The number of likely N-dealkylation sites (N-methyl/N-ethyl adjacent to an activating group) is 1. The van der Waals surface area contributed by atoms with Gasteiger partial charge in [0.15, 0.2) is 0 Å².